The summed E-state index contributed by atoms with van der Waals surface area (Å²) < 4.78 is 13.7. The fraction of sp³-hybridized carbons (Fsp3) is 0.438. The molecule has 22 heavy (non-hydrogen) atoms. The summed E-state index contributed by atoms with van der Waals surface area (Å²) in [6.07, 6.45) is 6.40. The molecular weight excluding hydrogens is 281 g/mol. The van der Waals surface area contributed by atoms with Crippen LogP contribution >= 0.6 is 0 Å². The van der Waals surface area contributed by atoms with E-state index in [-0.39, 0.29) is 5.82 Å². The van der Waals surface area contributed by atoms with Gasteiger partial charge in [0.15, 0.2) is 0 Å². The molecule has 1 aliphatic heterocycles. The van der Waals surface area contributed by atoms with Gasteiger partial charge in [0.25, 0.3) is 0 Å². The number of hydrogen-bond donors (Lipinski definition) is 3. The van der Waals surface area contributed by atoms with Crippen LogP contribution in [0.5, 0.6) is 0 Å². The maximum atomic E-state index is 13.7. The number of anilines is 1. The number of para-hydroxylation sites is 1. The molecule has 4 N–H and O–H groups in total. The minimum Gasteiger partial charge on any atom is -0.333 e. The number of rotatable bonds is 6. The van der Waals surface area contributed by atoms with Crippen molar-refractivity contribution in [2.45, 2.75) is 24.9 Å². The molecule has 0 radical (unpaired) electrons. The molecule has 1 unspecified atom stereocenters. The molecule has 0 bridgehead atoms. The average molecular weight is 305 g/mol. The lowest BCUT2D eigenvalue weighted by Crippen LogP contribution is -2.44. The van der Waals surface area contributed by atoms with Crippen molar-refractivity contribution >= 4 is 11.6 Å². The molecule has 1 atom stereocenters. The molecule has 1 aliphatic rings. The number of nitrogens with zero attached hydrogens (tertiary/aromatic N) is 2. The van der Waals surface area contributed by atoms with Crippen molar-refractivity contribution < 1.29 is 4.39 Å². The molecule has 1 aromatic rings. The number of guanidine groups is 1. The first-order valence-electron chi connectivity index (χ1n) is 7.48. The summed E-state index contributed by atoms with van der Waals surface area (Å²) in [5.74, 6) is 0.137. The maximum Gasteiger partial charge on any atom is 0.202 e. The number of benzene rings is 1. The SMILES string of the molecule is CN(C)CCCCC1(N)C=CNC(Nc2ccccc2F)=N1. The number of hydrogen-bond acceptors (Lipinski definition) is 5. The molecule has 0 aliphatic carbocycles. The summed E-state index contributed by atoms with van der Waals surface area (Å²) in [5, 5.41) is 5.90. The summed E-state index contributed by atoms with van der Waals surface area (Å²) in [6.45, 7) is 1.03. The van der Waals surface area contributed by atoms with E-state index in [2.05, 4.69) is 34.6 Å². The molecule has 120 valence electrons. The van der Waals surface area contributed by atoms with E-state index < -0.39 is 5.66 Å². The van der Waals surface area contributed by atoms with E-state index in [1.54, 1.807) is 24.4 Å². The van der Waals surface area contributed by atoms with E-state index in [0.717, 1.165) is 25.8 Å². The van der Waals surface area contributed by atoms with Crippen LogP contribution in [-0.2, 0) is 0 Å². The van der Waals surface area contributed by atoms with Gasteiger partial charge in [-0.25, -0.2) is 9.38 Å². The van der Waals surface area contributed by atoms with Crippen LogP contribution in [0.1, 0.15) is 19.3 Å². The van der Waals surface area contributed by atoms with Crippen LogP contribution in [0, 0.1) is 5.82 Å². The van der Waals surface area contributed by atoms with Crippen molar-refractivity contribution in [2.24, 2.45) is 10.7 Å². The van der Waals surface area contributed by atoms with Gasteiger partial charge >= 0.3 is 0 Å². The first kappa shape index (κ1) is 16.5. The number of aliphatic imine (C=N–C) groups is 1. The average Bonchev–Trinajstić information content (AvgIpc) is 2.46. The topological polar surface area (TPSA) is 65.7 Å². The summed E-state index contributed by atoms with van der Waals surface area (Å²) in [5.41, 5.74) is 5.93. The van der Waals surface area contributed by atoms with Gasteiger partial charge < -0.3 is 21.3 Å². The molecule has 0 fully saturated rings. The molecule has 0 saturated heterocycles. The Morgan fingerprint density at radius 1 is 1.32 bits per heavy atom. The zero-order valence-corrected chi connectivity index (χ0v) is 13.1. The Bertz CT molecular complexity index is 555. The molecule has 6 heteroatoms. The van der Waals surface area contributed by atoms with Crippen molar-refractivity contribution in [3.8, 4) is 0 Å². The second kappa shape index (κ2) is 7.38. The minimum atomic E-state index is -0.745. The predicted octanol–water partition coefficient (Wildman–Crippen LogP) is 2.10. The first-order chi connectivity index (χ1) is 10.5. The fourth-order valence-corrected chi connectivity index (χ4v) is 2.27. The van der Waals surface area contributed by atoms with Gasteiger partial charge in [-0.3, -0.25) is 0 Å². The van der Waals surface area contributed by atoms with Gasteiger partial charge in [-0.1, -0.05) is 12.1 Å². The van der Waals surface area contributed by atoms with E-state index in [9.17, 15) is 4.39 Å². The Morgan fingerprint density at radius 2 is 2.09 bits per heavy atom. The molecule has 1 aromatic carbocycles. The Labute approximate surface area is 131 Å². The Kier molecular flexibility index (Phi) is 5.51. The third-order valence-corrected chi connectivity index (χ3v) is 3.47. The number of nitrogens with one attached hydrogen (secondary N) is 2. The number of nitrogens with two attached hydrogens (primary N) is 1. The summed E-state index contributed by atoms with van der Waals surface area (Å²) >= 11 is 0. The maximum absolute atomic E-state index is 13.7. The Balaban J connectivity index is 1.95. The molecule has 1 heterocycles. The van der Waals surface area contributed by atoms with Crippen LogP contribution in [0.4, 0.5) is 10.1 Å². The molecule has 2 rings (SSSR count). The smallest absolute Gasteiger partial charge is 0.202 e. The standard InChI is InChI=1S/C16H24FN5/c1-22(2)12-6-5-9-16(18)10-11-19-15(21-16)20-14-8-4-3-7-13(14)17/h3-4,7-8,10-11H,5-6,9,12,18H2,1-2H3,(H2,19,20,21). The lowest BCUT2D eigenvalue weighted by Gasteiger charge is -2.27. The largest absolute Gasteiger partial charge is 0.333 e. The zero-order chi connectivity index (χ0) is 16.0. The van der Waals surface area contributed by atoms with Crippen LogP contribution in [-0.4, -0.2) is 37.2 Å². The molecule has 5 nitrogen and oxygen atoms in total. The summed E-state index contributed by atoms with van der Waals surface area (Å²) in [7, 11) is 4.11. The van der Waals surface area contributed by atoms with Crippen LogP contribution in [0.2, 0.25) is 0 Å². The van der Waals surface area contributed by atoms with Gasteiger partial charge in [0.1, 0.15) is 11.5 Å². The quantitative estimate of drug-likeness (QED) is 0.704. The van der Waals surface area contributed by atoms with Gasteiger partial charge in [0.2, 0.25) is 5.96 Å². The van der Waals surface area contributed by atoms with Gasteiger partial charge in [0.05, 0.1) is 5.69 Å². The van der Waals surface area contributed by atoms with Crippen LogP contribution in [0.25, 0.3) is 0 Å². The van der Waals surface area contributed by atoms with Gasteiger partial charge in [-0.15, -0.1) is 0 Å². The third kappa shape index (κ3) is 4.82. The highest BCUT2D eigenvalue weighted by Crippen LogP contribution is 2.19. The molecule has 0 spiro atoms. The monoisotopic (exact) mass is 305 g/mol. The van der Waals surface area contributed by atoms with E-state index in [4.69, 9.17) is 5.73 Å². The lowest BCUT2D eigenvalue weighted by atomic mass is 10.0. The third-order valence-electron chi connectivity index (χ3n) is 3.47. The molecule has 0 saturated carbocycles. The van der Waals surface area contributed by atoms with Gasteiger partial charge in [-0.2, -0.15) is 0 Å². The second-order valence-corrected chi connectivity index (χ2v) is 5.79. The Hall–Kier alpha value is -1.92. The van der Waals surface area contributed by atoms with Gasteiger partial charge in [-0.05, 0) is 58.1 Å². The fourth-order valence-electron chi connectivity index (χ4n) is 2.27. The van der Waals surface area contributed by atoms with Crippen molar-refractivity contribution in [3.05, 3.63) is 42.4 Å². The molecule has 0 aromatic heterocycles. The normalized spacial score (nSPS) is 20.7. The highest BCUT2D eigenvalue weighted by Gasteiger charge is 2.23. The van der Waals surface area contributed by atoms with Crippen molar-refractivity contribution in [1.29, 1.82) is 0 Å². The van der Waals surface area contributed by atoms with Gasteiger partial charge in [0, 0.05) is 6.20 Å². The van der Waals surface area contributed by atoms with Crippen molar-refractivity contribution in [1.82, 2.24) is 10.2 Å². The van der Waals surface area contributed by atoms with Crippen LogP contribution in [0.3, 0.4) is 0 Å². The highest BCUT2D eigenvalue weighted by atomic mass is 19.1. The molecule has 0 amide bonds. The highest BCUT2D eigenvalue weighted by molar-refractivity contribution is 5.95. The van der Waals surface area contributed by atoms with E-state index in [0.29, 0.717) is 11.6 Å². The summed E-state index contributed by atoms with van der Waals surface area (Å²) in [6, 6.07) is 6.47. The Morgan fingerprint density at radius 3 is 2.82 bits per heavy atom. The number of halogens is 1. The van der Waals surface area contributed by atoms with E-state index in [1.165, 1.54) is 6.07 Å². The lowest BCUT2D eigenvalue weighted by molar-refractivity contribution is 0.376. The van der Waals surface area contributed by atoms with Crippen LogP contribution < -0.4 is 16.4 Å². The van der Waals surface area contributed by atoms with Crippen LogP contribution in [0.15, 0.2) is 41.5 Å². The molecular formula is C16H24FN5. The number of unbranched alkanes of at least 4 members (excludes halogenated alkanes) is 1. The van der Waals surface area contributed by atoms with Crippen molar-refractivity contribution in [2.75, 3.05) is 26.0 Å². The predicted molar refractivity (Wildman–Crippen MR) is 89.1 cm³/mol. The van der Waals surface area contributed by atoms with Crippen molar-refractivity contribution in [3.63, 3.8) is 0 Å². The minimum absolute atomic E-state index is 0.324. The second-order valence-electron chi connectivity index (χ2n) is 5.79. The zero-order valence-electron chi connectivity index (χ0n) is 13.1. The summed E-state index contributed by atoms with van der Waals surface area (Å²) in [4.78, 5) is 6.62. The van der Waals surface area contributed by atoms with E-state index in [1.807, 2.05) is 6.08 Å². The van der Waals surface area contributed by atoms with E-state index >= 15 is 0 Å². The first-order valence-corrected chi connectivity index (χ1v) is 7.48.